The summed E-state index contributed by atoms with van der Waals surface area (Å²) < 4.78 is 13.5. The van der Waals surface area contributed by atoms with Gasteiger partial charge in [-0.05, 0) is 12.1 Å². The number of halogens is 1. The minimum absolute atomic E-state index is 0.00534. The summed E-state index contributed by atoms with van der Waals surface area (Å²) in [4.78, 5) is 15.8. The Kier molecular flexibility index (Phi) is 5.72. The van der Waals surface area contributed by atoms with Crippen molar-refractivity contribution in [1.29, 1.82) is 10.5 Å². The van der Waals surface area contributed by atoms with Crippen molar-refractivity contribution in [3.05, 3.63) is 52.8 Å². The molecule has 2 aromatic rings. The highest BCUT2D eigenvalue weighted by molar-refractivity contribution is 8.00. The van der Waals surface area contributed by atoms with E-state index >= 15 is 0 Å². The molecule has 6 nitrogen and oxygen atoms in total. The lowest BCUT2D eigenvalue weighted by molar-refractivity contribution is -0.118. The van der Waals surface area contributed by atoms with Crippen molar-refractivity contribution in [3.8, 4) is 12.1 Å². The van der Waals surface area contributed by atoms with E-state index < -0.39 is 5.82 Å². The lowest BCUT2D eigenvalue weighted by Gasteiger charge is -2.07. The third-order valence-corrected chi connectivity index (χ3v) is 4.02. The smallest absolute Gasteiger partial charge is 0.230 e. The van der Waals surface area contributed by atoms with Gasteiger partial charge in [0.05, 0.1) is 16.9 Å². The van der Waals surface area contributed by atoms with Gasteiger partial charge in [-0.2, -0.15) is 10.5 Å². The van der Waals surface area contributed by atoms with E-state index in [1.807, 2.05) is 12.1 Å². The average Bonchev–Trinajstić information content (AvgIpc) is 2.59. The zero-order valence-corrected chi connectivity index (χ0v) is 13.2. The summed E-state index contributed by atoms with van der Waals surface area (Å²) in [7, 11) is 0. The van der Waals surface area contributed by atoms with Crippen LogP contribution in [0.3, 0.4) is 0 Å². The van der Waals surface area contributed by atoms with Gasteiger partial charge >= 0.3 is 0 Å². The number of anilines is 1. The van der Waals surface area contributed by atoms with Crippen molar-refractivity contribution in [1.82, 2.24) is 10.3 Å². The molecule has 0 unspecified atom stereocenters. The van der Waals surface area contributed by atoms with Crippen LogP contribution in [0.1, 0.15) is 16.7 Å². The quantitative estimate of drug-likeness (QED) is 0.803. The number of nitrogen functional groups attached to an aromatic ring is 1. The van der Waals surface area contributed by atoms with Crippen LogP contribution in [-0.2, 0) is 11.3 Å². The fourth-order valence-electron chi connectivity index (χ4n) is 1.81. The molecular formula is C16H12FN5OS. The SMILES string of the molecule is N#Cc1cc(C#N)c(SCC(=O)NCc2ccccc2F)nc1N. The molecule has 2 rings (SSSR count). The Morgan fingerprint density at radius 1 is 1.29 bits per heavy atom. The number of hydrogen-bond donors (Lipinski definition) is 2. The molecule has 0 fully saturated rings. The second kappa shape index (κ2) is 7.95. The van der Waals surface area contributed by atoms with Crippen molar-refractivity contribution < 1.29 is 9.18 Å². The number of carbonyl (C=O) groups is 1. The van der Waals surface area contributed by atoms with Crippen molar-refractivity contribution in [3.63, 3.8) is 0 Å². The fourth-order valence-corrected chi connectivity index (χ4v) is 2.60. The number of nitrogens with two attached hydrogens (primary N) is 1. The summed E-state index contributed by atoms with van der Waals surface area (Å²) in [5.41, 5.74) is 6.28. The lowest BCUT2D eigenvalue weighted by Crippen LogP contribution is -2.25. The van der Waals surface area contributed by atoms with Gasteiger partial charge in [-0.1, -0.05) is 30.0 Å². The van der Waals surface area contributed by atoms with E-state index in [-0.39, 0.29) is 40.2 Å². The number of nitrogens with zero attached hydrogens (tertiary/aromatic N) is 3. The number of rotatable bonds is 5. The summed E-state index contributed by atoms with van der Waals surface area (Å²) in [6.45, 7) is 0.0696. The van der Waals surface area contributed by atoms with Crippen LogP contribution in [0.4, 0.5) is 10.2 Å². The minimum atomic E-state index is -0.390. The molecule has 0 radical (unpaired) electrons. The first-order valence-electron chi connectivity index (χ1n) is 6.78. The largest absolute Gasteiger partial charge is 0.383 e. The van der Waals surface area contributed by atoms with Gasteiger partial charge < -0.3 is 11.1 Å². The molecule has 0 aliphatic heterocycles. The van der Waals surface area contributed by atoms with Crippen LogP contribution in [0, 0.1) is 28.5 Å². The molecule has 0 atom stereocenters. The van der Waals surface area contributed by atoms with Gasteiger partial charge in [0.1, 0.15) is 28.8 Å². The van der Waals surface area contributed by atoms with Crippen molar-refractivity contribution >= 4 is 23.5 Å². The Bertz CT molecular complexity index is 857. The van der Waals surface area contributed by atoms with Crippen LogP contribution < -0.4 is 11.1 Å². The predicted octanol–water partition coefficient (Wildman–Crippen LogP) is 1.95. The monoisotopic (exact) mass is 341 g/mol. The third kappa shape index (κ3) is 4.22. The van der Waals surface area contributed by atoms with Crippen LogP contribution in [-0.4, -0.2) is 16.6 Å². The summed E-state index contributed by atoms with van der Waals surface area (Å²) in [5.74, 6) is -0.733. The molecule has 0 saturated carbocycles. The van der Waals surface area contributed by atoms with Crippen molar-refractivity contribution in [2.75, 3.05) is 11.5 Å². The maximum atomic E-state index is 13.5. The molecule has 0 bridgehead atoms. The molecule has 24 heavy (non-hydrogen) atoms. The lowest BCUT2D eigenvalue weighted by atomic mass is 10.2. The molecule has 120 valence electrons. The van der Waals surface area contributed by atoms with Gasteiger partial charge in [0, 0.05) is 12.1 Å². The number of benzene rings is 1. The van der Waals surface area contributed by atoms with E-state index in [4.69, 9.17) is 16.3 Å². The molecule has 0 spiro atoms. The zero-order chi connectivity index (χ0) is 17.5. The first-order valence-corrected chi connectivity index (χ1v) is 7.77. The zero-order valence-electron chi connectivity index (χ0n) is 12.4. The Morgan fingerprint density at radius 3 is 2.67 bits per heavy atom. The van der Waals surface area contributed by atoms with Crippen molar-refractivity contribution in [2.24, 2.45) is 0 Å². The van der Waals surface area contributed by atoms with Gasteiger partial charge in [0.2, 0.25) is 5.91 Å². The highest BCUT2D eigenvalue weighted by Crippen LogP contribution is 2.23. The van der Waals surface area contributed by atoms with Crippen LogP contribution in [0.5, 0.6) is 0 Å². The molecule has 1 heterocycles. The van der Waals surface area contributed by atoms with Crippen LogP contribution in [0.15, 0.2) is 35.4 Å². The van der Waals surface area contributed by atoms with E-state index in [2.05, 4.69) is 10.3 Å². The van der Waals surface area contributed by atoms with Gasteiger partial charge in [-0.15, -0.1) is 0 Å². The number of pyridine rings is 1. The molecule has 0 aliphatic rings. The van der Waals surface area contributed by atoms with E-state index in [9.17, 15) is 9.18 Å². The van der Waals surface area contributed by atoms with E-state index in [1.165, 1.54) is 12.1 Å². The normalized spacial score (nSPS) is 9.79. The standard InChI is InChI=1S/C16H12FN5OS/c17-13-4-2-1-3-10(13)8-21-14(23)9-24-16-12(7-19)5-11(6-18)15(20)22-16/h1-5H,8-9H2,(H2,20,22)(H,21,23). The predicted molar refractivity (Wildman–Crippen MR) is 87.1 cm³/mol. The maximum absolute atomic E-state index is 13.5. The maximum Gasteiger partial charge on any atom is 0.230 e. The first kappa shape index (κ1) is 17.3. The summed E-state index contributed by atoms with van der Waals surface area (Å²) in [6, 6.07) is 11.2. The molecule has 1 aromatic carbocycles. The van der Waals surface area contributed by atoms with Crippen LogP contribution in [0.25, 0.3) is 0 Å². The molecule has 8 heteroatoms. The minimum Gasteiger partial charge on any atom is -0.383 e. The van der Waals surface area contributed by atoms with E-state index in [1.54, 1.807) is 18.2 Å². The average molecular weight is 341 g/mol. The fraction of sp³-hybridized carbons (Fsp3) is 0.125. The number of thioether (sulfide) groups is 1. The summed E-state index contributed by atoms with van der Waals surface area (Å²) in [6.07, 6.45) is 0. The Morgan fingerprint density at radius 2 is 2.00 bits per heavy atom. The number of amides is 1. The molecule has 1 aromatic heterocycles. The highest BCUT2D eigenvalue weighted by Gasteiger charge is 2.12. The Hall–Kier alpha value is -3.10. The van der Waals surface area contributed by atoms with Crippen LogP contribution in [0.2, 0.25) is 0 Å². The number of hydrogen-bond acceptors (Lipinski definition) is 6. The Labute approximate surface area is 142 Å². The van der Waals surface area contributed by atoms with Crippen LogP contribution >= 0.6 is 11.8 Å². The summed E-state index contributed by atoms with van der Waals surface area (Å²) >= 11 is 1.02. The van der Waals surface area contributed by atoms with Gasteiger partial charge in [0.15, 0.2) is 0 Å². The highest BCUT2D eigenvalue weighted by atomic mass is 32.2. The molecule has 0 saturated heterocycles. The Balaban J connectivity index is 1.97. The number of nitrogens with one attached hydrogen (secondary N) is 1. The summed E-state index contributed by atoms with van der Waals surface area (Å²) in [5, 5.41) is 20.8. The topological polar surface area (TPSA) is 116 Å². The third-order valence-electron chi connectivity index (χ3n) is 3.03. The molecule has 1 amide bonds. The van der Waals surface area contributed by atoms with E-state index in [0.29, 0.717) is 5.56 Å². The van der Waals surface area contributed by atoms with Gasteiger partial charge in [0.25, 0.3) is 0 Å². The molecule has 3 N–H and O–H groups in total. The number of carbonyl (C=O) groups excluding carboxylic acids is 1. The van der Waals surface area contributed by atoms with Gasteiger partial charge in [-0.3, -0.25) is 4.79 Å². The van der Waals surface area contributed by atoms with E-state index in [0.717, 1.165) is 11.8 Å². The van der Waals surface area contributed by atoms with Gasteiger partial charge in [-0.25, -0.2) is 9.37 Å². The second-order valence-electron chi connectivity index (χ2n) is 4.65. The second-order valence-corrected chi connectivity index (χ2v) is 5.62. The molecular weight excluding hydrogens is 329 g/mol. The first-order chi connectivity index (χ1) is 11.5. The number of aromatic nitrogens is 1. The van der Waals surface area contributed by atoms with Crippen molar-refractivity contribution in [2.45, 2.75) is 11.6 Å². The molecule has 0 aliphatic carbocycles. The number of nitriles is 2.